The van der Waals surface area contributed by atoms with E-state index in [-0.39, 0.29) is 6.04 Å². The van der Waals surface area contributed by atoms with Crippen molar-refractivity contribution < 1.29 is 0 Å². The number of hydrazine groups is 1. The molecule has 3 N–H and O–H groups in total. The topological polar surface area (TPSA) is 61.8 Å². The second-order valence-corrected chi connectivity index (χ2v) is 2.83. The number of nitrogens with two attached hydrogens (primary N) is 1. The van der Waals surface area contributed by atoms with Gasteiger partial charge in [0.2, 0.25) is 0 Å². The average molecular weight is 175 g/mol. The highest BCUT2D eigenvalue weighted by atomic mass is 15.2. The number of benzene rings is 1. The van der Waals surface area contributed by atoms with Crippen LogP contribution in [0.4, 0.5) is 0 Å². The molecule has 1 rings (SSSR count). The van der Waals surface area contributed by atoms with Crippen molar-refractivity contribution in [1.29, 1.82) is 5.26 Å². The normalized spacial score (nSPS) is 12.0. The van der Waals surface area contributed by atoms with E-state index in [4.69, 9.17) is 11.1 Å². The molecule has 13 heavy (non-hydrogen) atoms. The van der Waals surface area contributed by atoms with E-state index in [1.807, 2.05) is 30.3 Å². The molecule has 0 unspecified atom stereocenters. The van der Waals surface area contributed by atoms with Crippen LogP contribution in [0.2, 0.25) is 0 Å². The summed E-state index contributed by atoms with van der Waals surface area (Å²) in [7, 11) is 0. The van der Waals surface area contributed by atoms with Gasteiger partial charge in [-0.25, -0.2) is 0 Å². The Morgan fingerprint density at radius 1 is 1.38 bits per heavy atom. The lowest BCUT2D eigenvalue weighted by Gasteiger charge is -2.13. The second-order valence-electron chi connectivity index (χ2n) is 2.83. The molecule has 0 fully saturated rings. The van der Waals surface area contributed by atoms with Crippen molar-refractivity contribution >= 4 is 0 Å². The summed E-state index contributed by atoms with van der Waals surface area (Å²) in [5.74, 6) is 5.39. The van der Waals surface area contributed by atoms with Crippen molar-refractivity contribution in [2.75, 3.05) is 0 Å². The molecule has 3 heteroatoms. The first kappa shape index (κ1) is 9.72. The third kappa shape index (κ3) is 2.86. The Labute approximate surface area is 78.1 Å². The summed E-state index contributed by atoms with van der Waals surface area (Å²) < 4.78 is 0. The minimum Gasteiger partial charge on any atom is -0.271 e. The molecule has 0 spiro atoms. The van der Waals surface area contributed by atoms with E-state index in [1.165, 1.54) is 0 Å². The predicted octanol–water partition coefficient (Wildman–Crippen LogP) is 1.49. The lowest BCUT2D eigenvalue weighted by molar-refractivity contribution is 0.523. The van der Waals surface area contributed by atoms with Crippen LogP contribution >= 0.6 is 0 Å². The molecule has 0 bridgehead atoms. The maximum Gasteiger partial charge on any atom is 0.0622 e. The number of nitriles is 1. The predicted molar refractivity (Wildman–Crippen MR) is 51.4 cm³/mol. The minimum absolute atomic E-state index is 0.0841. The molecule has 0 amide bonds. The highest BCUT2D eigenvalue weighted by molar-refractivity contribution is 5.18. The number of hydrogen-bond donors (Lipinski definition) is 2. The quantitative estimate of drug-likeness (QED) is 0.538. The van der Waals surface area contributed by atoms with Gasteiger partial charge in [0.05, 0.1) is 6.07 Å². The van der Waals surface area contributed by atoms with Crippen LogP contribution in [0.15, 0.2) is 30.3 Å². The number of nitrogens with zero attached hydrogens (tertiary/aromatic N) is 1. The van der Waals surface area contributed by atoms with E-state index in [2.05, 4.69) is 11.5 Å². The number of nitrogens with one attached hydrogen (secondary N) is 1. The zero-order valence-electron chi connectivity index (χ0n) is 7.40. The van der Waals surface area contributed by atoms with Crippen molar-refractivity contribution in [3.8, 4) is 6.07 Å². The molecule has 68 valence electrons. The van der Waals surface area contributed by atoms with Crippen LogP contribution in [-0.2, 0) is 0 Å². The molecule has 0 aromatic heterocycles. The minimum atomic E-state index is 0.0841. The fourth-order valence-corrected chi connectivity index (χ4v) is 1.24. The Morgan fingerprint density at radius 3 is 2.62 bits per heavy atom. The van der Waals surface area contributed by atoms with Crippen molar-refractivity contribution in [3.05, 3.63) is 35.9 Å². The monoisotopic (exact) mass is 175 g/mol. The lowest BCUT2D eigenvalue weighted by Crippen LogP contribution is -2.27. The van der Waals surface area contributed by atoms with E-state index in [0.717, 1.165) is 12.0 Å². The summed E-state index contributed by atoms with van der Waals surface area (Å²) in [6.45, 7) is 0. The van der Waals surface area contributed by atoms with Crippen molar-refractivity contribution in [1.82, 2.24) is 5.43 Å². The van der Waals surface area contributed by atoms with Gasteiger partial charge in [0.15, 0.2) is 0 Å². The molecule has 0 aliphatic rings. The Kier molecular flexibility index (Phi) is 3.97. The van der Waals surface area contributed by atoms with Crippen LogP contribution in [0.25, 0.3) is 0 Å². The molecule has 0 saturated heterocycles. The first-order valence-corrected chi connectivity index (χ1v) is 4.26. The van der Waals surface area contributed by atoms with Gasteiger partial charge in [0.25, 0.3) is 0 Å². The lowest BCUT2D eigenvalue weighted by atomic mass is 10.0. The van der Waals surface area contributed by atoms with Crippen molar-refractivity contribution in [2.45, 2.75) is 18.9 Å². The van der Waals surface area contributed by atoms with Gasteiger partial charge < -0.3 is 0 Å². The standard InChI is InChI=1S/C10H13N3/c11-8-4-7-10(13-12)9-5-2-1-3-6-9/h1-3,5-6,10,13H,4,7,12H2/t10-/m1/s1. The van der Waals surface area contributed by atoms with E-state index < -0.39 is 0 Å². The summed E-state index contributed by atoms with van der Waals surface area (Å²) in [6.07, 6.45) is 1.26. The Balaban J connectivity index is 2.63. The van der Waals surface area contributed by atoms with Crippen molar-refractivity contribution in [3.63, 3.8) is 0 Å². The molecule has 3 nitrogen and oxygen atoms in total. The molecular formula is C10H13N3. The van der Waals surface area contributed by atoms with Crippen LogP contribution in [0.1, 0.15) is 24.4 Å². The summed E-state index contributed by atoms with van der Waals surface area (Å²) >= 11 is 0. The highest BCUT2D eigenvalue weighted by Crippen LogP contribution is 2.16. The van der Waals surface area contributed by atoms with Gasteiger partial charge >= 0.3 is 0 Å². The Hall–Kier alpha value is -1.37. The largest absolute Gasteiger partial charge is 0.271 e. The molecular weight excluding hydrogens is 162 g/mol. The van der Waals surface area contributed by atoms with Gasteiger partial charge in [-0.3, -0.25) is 11.3 Å². The van der Waals surface area contributed by atoms with Gasteiger partial charge in [-0.15, -0.1) is 0 Å². The Bertz CT molecular complexity index is 276. The maximum atomic E-state index is 8.44. The zero-order chi connectivity index (χ0) is 9.52. The molecule has 0 aliphatic carbocycles. The third-order valence-electron chi connectivity index (χ3n) is 1.95. The molecule has 1 atom stereocenters. The van der Waals surface area contributed by atoms with E-state index in [0.29, 0.717) is 6.42 Å². The first-order valence-electron chi connectivity index (χ1n) is 4.26. The number of rotatable bonds is 4. The average Bonchev–Trinajstić information content (AvgIpc) is 2.21. The van der Waals surface area contributed by atoms with Crippen molar-refractivity contribution in [2.24, 2.45) is 5.84 Å². The van der Waals surface area contributed by atoms with Crippen LogP contribution < -0.4 is 11.3 Å². The summed E-state index contributed by atoms with van der Waals surface area (Å²) in [6, 6.07) is 12.1. The SMILES string of the molecule is N#CCC[C@@H](NN)c1ccccc1. The summed E-state index contributed by atoms with van der Waals surface area (Å²) in [5.41, 5.74) is 3.83. The molecule has 0 heterocycles. The maximum absolute atomic E-state index is 8.44. The number of hydrogen-bond acceptors (Lipinski definition) is 3. The zero-order valence-corrected chi connectivity index (χ0v) is 7.40. The van der Waals surface area contributed by atoms with E-state index in [1.54, 1.807) is 0 Å². The van der Waals surface area contributed by atoms with E-state index >= 15 is 0 Å². The molecule has 0 radical (unpaired) electrons. The summed E-state index contributed by atoms with van der Waals surface area (Å²) in [4.78, 5) is 0. The fourth-order valence-electron chi connectivity index (χ4n) is 1.24. The van der Waals surface area contributed by atoms with E-state index in [9.17, 15) is 0 Å². The second kappa shape index (κ2) is 5.31. The van der Waals surface area contributed by atoms with Gasteiger partial charge in [-0.1, -0.05) is 30.3 Å². The smallest absolute Gasteiger partial charge is 0.0622 e. The molecule has 1 aromatic carbocycles. The van der Waals surface area contributed by atoms with Crippen LogP contribution in [0.3, 0.4) is 0 Å². The van der Waals surface area contributed by atoms with Gasteiger partial charge in [-0.05, 0) is 12.0 Å². The molecule has 1 aromatic rings. The highest BCUT2D eigenvalue weighted by Gasteiger charge is 2.07. The van der Waals surface area contributed by atoms with Crippen LogP contribution in [0.5, 0.6) is 0 Å². The first-order chi connectivity index (χ1) is 6.38. The van der Waals surface area contributed by atoms with Gasteiger partial charge in [-0.2, -0.15) is 5.26 Å². The fraction of sp³-hybridized carbons (Fsp3) is 0.300. The summed E-state index contributed by atoms with van der Waals surface area (Å²) in [5, 5.41) is 8.44. The Morgan fingerprint density at radius 2 is 2.08 bits per heavy atom. The third-order valence-corrected chi connectivity index (χ3v) is 1.95. The molecule has 0 saturated carbocycles. The van der Waals surface area contributed by atoms with Gasteiger partial charge in [0.1, 0.15) is 0 Å². The van der Waals surface area contributed by atoms with Crippen LogP contribution in [0, 0.1) is 11.3 Å². The molecule has 0 aliphatic heterocycles. The van der Waals surface area contributed by atoms with Crippen LogP contribution in [-0.4, -0.2) is 0 Å². The van der Waals surface area contributed by atoms with Gasteiger partial charge in [0, 0.05) is 12.5 Å².